The van der Waals surface area contributed by atoms with E-state index in [1.807, 2.05) is 27.7 Å². The molecule has 2 heterocycles. The van der Waals surface area contributed by atoms with Gasteiger partial charge in [0, 0.05) is 31.7 Å². The maximum absolute atomic E-state index is 13.1. The van der Waals surface area contributed by atoms with Gasteiger partial charge in [-0.05, 0) is 45.9 Å². The lowest BCUT2D eigenvalue weighted by Crippen LogP contribution is -2.48. The zero-order valence-corrected chi connectivity index (χ0v) is 17.1. The zero-order chi connectivity index (χ0) is 19.8. The molecular formula is C19H28N2O5S. The highest BCUT2D eigenvalue weighted by Crippen LogP contribution is 2.23. The van der Waals surface area contributed by atoms with Gasteiger partial charge >= 0.3 is 0 Å². The van der Waals surface area contributed by atoms with Gasteiger partial charge in [0.25, 0.3) is 5.91 Å². The van der Waals surface area contributed by atoms with E-state index in [9.17, 15) is 13.2 Å². The van der Waals surface area contributed by atoms with E-state index in [1.165, 1.54) is 10.4 Å². The monoisotopic (exact) mass is 396 g/mol. The molecule has 4 atom stereocenters. The molecule has 0 aliphatic carbocycles. The first-order chi connectivity index (χ1) is 12.7. The van der Waals surface area contributed by atoms with Crippen LogP contribution in [0.15, 0.2) is 29.2 Å². The predicted octanol–water partition coefficient (Wildman–Crippen LogP) is 1.73. The molecule has 0 saturated carbocycles. The molecule has 3 rings (SSSR count). The normalized spacial score (nSPS) is 30.3. The Morgan fingerprint density at radius 2 is 1.44 bits per heavy atom. The molecule has 8 heteroatoms. The molecule has 1 aromatic carbocycles. The Morgan fingerprint density at radius 3 is 2.00 bits per heavy atom. The number of ether oxygens (including phenoxy) is 2. The summed E-state index contributed by atoms with van der Waals surface area (Å²) in [6, 6.07) is 6.31. The second-order valence-corrected chi connectivity index (χ2v) is 9.51. The van der Waals surface area contributed by atoms with Gasteiger partial charge in [0.15, 0.2) is 0 Å². The third-order valence-corrected chi connectivity index (χ3v) is 6.64. The van der Waals surface area contributed by atoms with E-state index in [0.717, 1.165) is 0 Å². The van der Waals surface area contributed by atoms with Crippen LogP contribution in [-0.4, -0.2) is 74.1 Å². The summed E-state index contributed by atoms with van der Waals surface area (Å²) in [6.07, 6.45) is -0.406. The molecule has 2 fully saturated rings. The highest BCUT2D eigenvalue weighted by molar-refractivity contribution is 7.89. The molecule has 0 radical (unpaired) electrons. The third kappa shape index (κ3) is 4.51. The number of carbonyl (C=O) groups excluding carboxylic acids is 1. The smallest absolute Gasteiger partial charge is 0.254 e. The maximum Gasteiger partial charge on any atom is 0.254 e. The summed E-state index contributed by atoms with van der Waals surface area (Å²) in [7, 11) is -3.68. The van der Waals surface area contributed by atoms with Crippen LogP contribution in [0.4, 0.5) is 0 Å². The second-order valence-electron chi connectivity index (χ2n) is 7.57. The van der Waals surface area contributed by atoms with E-state index < -0.39 is 10.0 Å². The fraction of sp³-hybridized carbons (Fsp3) is 0.632. The van der Waals surface area contributed by atoms with Crippen LogP contribution in [0.5, 0.6) is 0 Å². The average molecular weight is 397 g/mol. The number of benzene rings is 1. The van der Waals surface area contributed by atoms with E-state index in [4.69, 9.17) is 9.47 Å². The molecule has 2 aliphatic heterocycles. The maximum atomic E-state index is 13.1. The summed E-state index contributed by atoms with van der Waals surface area (Å²) in [5.74, 6) is -0.169. The van der Waals surface area contributed by atoms with Gasteiger partial charge < -0.3 is 14.4 Å². The molecule has 0 spiro atoms. The Labute approximate surface area is 161 Å². The van der Waals surface area contributed by atoms with Crippen molar-refractivity contribution in [3.8, 4) is 0 Å². The molecule has 1 amide bonds. The number of amides is 1. The highest BCUT2D eigenvalue weighted by Gasteiger charge is 2.33. The molecule has 27 heavy (non-hydrogen) atoms. The number of rotatable bonds is 3. The number of carbonyl (C=O) groups is 1. The van der Waals surface area contributed by atoms with Gasteiger partial charge in [0.05, 0.1) is 29.3 Å². The Bertz CT molecular complexity index is 777. The van der Waals surface area contributed by atoms with Crippen LogP contribution in [0, 0.1) is 0 Å². The van der Waals surface area contributed by atoms with Crippen molar-refractivity contribution < 1.29 is 22.7 Å². The van der Waals surface area contributed by atoms with Crippen molar-refractivity contribution in [2.24, 2.45) is 0 Å². The SMILES string of the molecule is C[C@@H]1CN(S(=O)(=O)c2cccc(C(=O)N3C[C@H](C)O[C@@H](C)C3)c2)C[C@H](C)O1. The van der Waals surface area contributed by atoms with Gasteiger partial charge in [0.2, 0.25) is 10.0 Å². The molecule has 0 bridgehead atoms. The standard InChI is InChI=1S/C19H28N2O5S/c1-13-9-20(10-14(2)25-13)19(22)17-6-5-7-18(8-17)27(23,24)21-11-15(3)26-16(4)12-21/h5-8,13-16H,9-12H2,1-4H3/t13-,14-,15-,16+/m0/s1. The van der Waals surface area contributed by atoms with E-state index in [-0.39, 0.29) is 35.2 Å². The summed E-state index contributed by atoms with van der Waals surface area (Å²) in [5, 5.41) is 0. The molecule has 2 saturated heterocycles. The Morgan fingerprint density at radius 1 is 0.926 bits per heavy atom. The third-order valence-electron chi connectivity index (χ3n) is 4.81. The van der Waals surface area contributed by atoms with Crippen molar-refractivity contribution >= 4 is 15.9 Å². The van der Waals surface area contributed by atoms with Crippen LogP contribution in [0.3, 0.4) is 0 Å². The number of sulfonamides is 1. The van der Waals surface area contributed by atoms with Crippen LogP contribution < -0.4 is 0 Å². The first kappa shape index (κ1) is 20.3. The fourth-order valence-corrected chi connectivity index (χ4v) is 5.43. The molecule has 7 nitrogen and oxygen atoms in total. The lowest BCUT2D eigenvalue weighted by atomic mass is 10.1. The van der Waals surface area contributed by atoms with E-state index in [0.29, 0.717) is 31.7 Å². The first-order valence-electron chi connectivity index (χ1n) is 9.37. The Kier molecular flexibility index (Phi) is 5.90. The molecule has 1 aromatic rings. The topological polar surface area (TPSA) is 76.2 Å². The van der Waals surface area contributed by atoms with Gasteiger partial charge in [-0.25, -0.2) is 8.42 Å². The van der Waals surface area contributed by atoms with Gasteiger partial charge in [-0.3, -0.25) is 4.79 Å². The van der Waals surface area contributed by atoms with Gasteiger partial charge in [-0.2, -0.15) is 4.31 Å². The second kappa shape index (κ2) is 7.87. The molecule has 0 N–H and O–H groups in total. The van der Waals surface area contributed by atoms with Gasteiger partial charge in [-0.15, -0.1) is 0 Å². The largest absolute Gasteiger partial charge is 0.373 e. The minimum atomic E-state index is -3.68. The molecule has 0 unspecified atom stereocenters. The highest BCUT2D eigenvalue weighted by atomic mass is 32.2. The van der Waals surface area contributed by atoms with E-state index in [2.05, 4.69) is 0 Å². The van der Waals surface area contributed by atoms with Crippen molar-refractivity contribution in [3.63, 3.8) is 0 Å². The van der Waals surface area contributed by atoms with Crippen LogP contribution in [-0.2, 0) is 19.5 Å². The molecule has 150 valence electrons. The summed E-state index contributed by atoms with van der Waals surface area (Å²) < 4.78 is 38.9. The van der Waals surface area contributed by atoms with Crippen molar-refractivity contribution in [1.29, 1.82) is 0 Å². The molecule has 2 aliphatic rings. The number of nitrogens with zero attached hydrogens (tertiary/aromatic N) is 2. The van der Waals surface area contributed by atoms with E-state index >= 15 is 0 Å². The zero-order valence-electron chi connectivity index (χ0n) is 16.3. The number of hydrogen-bond acceptors (Lipinski definition) is 5. The number of morpholine rings is 2. The quantitative estimate of drug-likeness (QED) is 0.778. The van der Waals surface area contributed by atoms with Crippen molar-refractivity contribution in [2.45, 2.75) is 57.0 Å². The van der Waals surface area contributed by atoms with Crippen molar-refractivity contribution in [2.75, 3.05) is 26.2 Å². The Hall–Kier alpha value is -1.48. The summed E-state index contributed by atoms with van der Waals surface area (Å²) in [6.45, 7) is 9.19. The fourth-order valence-electron chi connectivity index (χ4n) is 3.79. The van der Waals surface area contributed by atoms with Crippen LogP contribution in [0.2, 0.25) is 0 Å². The minimum absolute atomic E-state index is 0.0408. The summed E-state index contributed by atoms with van der Waals surface area (Å²) in [4.78, 5) is 14.8. The van der Waals surface area contributed by atoms with E-state index in [1.54, 1.807) is 23.1 Å². The van der Waals surface area contributed by atoms with Crippen molar-refractivity contribution in [3.05, 3.63) is 29.8 Å². The molecule has 0 aromatic heterocycles. The average Bonchev–Trinajstić information content (AvgIpc) is 2.59. The minimum Gasteiger partial charge on any atom is -0.373 e. The van der Waals surface area contributed by atoms with Crippen LogP contribution >= 0.6 is 0 Å². The predicted molar refractivity (Wildman–Crippen MR) is 101 cm³/mol. The number of hydrogen-bond donors (Lipinski definition) is 0. The van der Waals surface area contributed by atoms with Crippen LogP contribution in [0.25, 0.3) is 0 Å². The molecular weight excluding hydrogens is 368 g/mol. The summed E-state index contributed by atoms with van der Waals surface area (Å²) >= 11 is 0. The summed E-state index contributed by atoms with van der Waals surface area (Å²) in [5.41, 5.74) is 0.381. The van der Waals surface area contributed by atoms with Gasteiger partial charge in [0.1, 0.15) is 0 Å². The van der Waals surface area contributed by atoms with Crippen LogP contribution in [0.1, 0.15) is 38.1 Å². The van der Waals surface area contributed by atoms with Gasteiger partial charge in [-0.1, -0.05) is 6.07 Å². The lowest BCUT2D eigenvalue weighted by Gasteiger charge is -2.35. The van der Waals surface area contributed by atoms with Crippen molar-refractivity contribution in [1.82, 2.24) is 9.21 Å². The lowest BCUT2D eigenvalue weighted by molar-refractivity contribution is -0.0586. The first-order valence-corrected chi connectivity index (χ1v) is 10.8. The Balaban J connectivity index is 1.83.